The molecule has 1 aliphatic carbocycles. The van der Waals surface area contributed by atoms with Crippen molar-refractivity contribution in [3.63, 3.8) is 0 Å². The number of hydrogen-bond acceptors (Lipinski definition) is 3. The van der Waals surface area contributed by atoms with Gasteiger partial charge in [-0.3, -0.25) is 4.79 Å². The van der Waals surface area contributed by atoms with Crippen molar-refractivity contribution in [2.45, 2.75) is 44.6 Å². The number of nitrogens with two attached hydrogens (primary N) is 1. The summed E-state index contributed by atoms with van der Waals surface area (Å²) in [6.45, 7) is 2.23. The van der Waals surface area contributed by atoms with Crippen LogP contribution in [0.15, 0.2) is 0 Å². The summed E-state index contributed by atoms with van der Waals surface area (Å²) in [7, 11) is 1.91. The molecule has 4 nitrogen and oxygen atoms in total. The molecule has 0 aromatic rings. The SMILES string of the molecule is CN(CC1CCCCO1)C(=O)C1CCCC1CN. The van der Waals surface area contributed by atoms with E-state index in [1.54, 1.807) is 0 Å². The van der Waals surface area contributed by atoms with Crippen LogP contribution in [-0.4, -0.2) is 43.7 Å². The van der Waals surface area contributed by atoms with E-state index in [0.29, 0.717) is 12.5 Å². The van der Waals surface area contributed by atoms with Gasteiger partial charge >= 0.3 is 0 Å². The van der Waals surface area contributed by atoms with Gasteiger partial charge in [-0.15, -0.1) is 0 Å². The van der Waals surface area contributed by atoms with E-state index in [4.69, 9.17) is 10.5 Å². The fraction of sp³-hybridized carbons (Fsp3) is 0.929. The zero-order chi connectivity index (χ0) is 13.0. The minimum Gasteiger partial charge on any atom is -0.376 e. The van der Waals surface area contributed by atoms with Gasteiger partial charge in [0.15, 0.2) is 0 Å². The number of carbonyl (C=O) groups excluding carboxylic acids is 1. The monoisotopic (exact) mass is 254 g/mol. The Kier molecular flexibility index (Phi) is 5.01. The van der Waals surface area contributed by atoms with Crippen LogP contribution in [0, 0.1) is 11.8 Å². The molecule has 1 aliphatic heterocycles. The highest BCUT2D eigenvalue weighted by atomic mass is 16.5. The minimum atomic E-state index is 0.156. The first-order chi connectivity index (χ1) is 8.72. The quantitative estimate of drug-likeness (QED) is 0.825. The molecule has 2 N–H and O–H groups in total. The van der Waals surface area contributed by atoms with Crippen molar-refractivity contribution >= 4 is 5.91 Å². The first-order valence-electron chi connectivity index (χ1n) is 7.29. The molecule has 2 rings (SSSR count). The molecule has 104 valence electrons. The maximum atomic E-state index is 12.4. The molecule has 1 saturated carbocycles. The summed E-state index contributed by atoms with van der Waals surface area (Å²) in [5, 5.41) is 0. The van der Waals surface area contributed by atoms with Crippen molar-refractivity contribution in [2.75, 3.05) is 26.7 Å². The summed E-state index contributed by atoms with van der Waals surface area (Å²) < 4.78 is 5.70. The Bertz CT molecular complexity index is 277. The van der Waals surface area contributed by atoms with Crippen LogP contribution >= 0.6 is 0 Å². The normalized spacial score (nSPS) is 32.4. The average Bonchev–Trinajstić information content (AvgIpc) is 2.87. The van der Waals surface area contributed by atoms with Crippen molar-refractivity contribution in [1.29, 1.82) is 0 Å². The van der Waals surface area contributed by atoms with Gasteiger partial charge in [0.2, 0.25) is 5.91 Å². The maximum Gasteiger partial charge on any atom is 0.225 e. The van der Waals surface area contributed by atoms with E-state index in [9.17, 15) is 4.79 Å². The van der Waals surface area contributed by atoms with Crippen molar-refractivity contribution in [2.24, 2.45) is 17.6 Å². The van der Waals surface area contributed by atoms with Gasteiger partial charge in [-0.25, -0.2) is 0 Å². The van der Waals surface area contributed by atoms with Crippen molar-refractivity contribution in [1.82, 2.24) is 4.90 Å². The van der Waals surface area contributed by atoms with Crippen molar-refractivity contribution in [3.8, 4) is 0 Å². The number of amides is 1. The highest BCUT2D eigenvalue weighted by Crippen LogP contribution is 2.32. The van der Waals surface area contributed by atoms with E-state index >= 15 is 0 Å². The molecule has 2 aliphatic rings. The third kappa shape index (κ3) is 3.23. The Labute approximate surface area is 110 Å². The van der Waals surface area contributed by atoms with Gasteiger partial charge in [-0.05, 0) is 44.6 Å². The number of hydrogen-bond donors (Lipinski definition) is 1. The first-order valence-corrected chi connectivity index (χ1v) is 7.29. The predicted molar refractivity (Wildman–Crippen MR) is 71.1 cm³/mol. The van der Waals surface area contributed by atoms with Crippen molar-refractivity contribution in [3.05, 3.63) is 0 Å². The summed E-state index contributed by atoms with van der Waals surface area (Å²) in [4.78, 5) is 14.3. The molecule has 1 amide bonds. The molecule has 2 fully saturated rings. The molecule has 0 aromatic carbocycles. The van der Waals surface area contributed by atoms with Crippen LogP contribution in [0.25, 0.3) is 0 Å². The van der Waals surface area contributed by atoms with Gasteiger partial charge in [0.05, 0.1) is 6.10 Å². The van der Waals surface area contributed by atoms with Gasteiger partial charge in [-0.1, -0.05) is 6.42 Å². The van der Waals surface area contributed by atoms with E-state index in [0.717, 1.165) is 45.3 Å². The highest BCUT2D eigenvalue weighted by Gasteiger charge is 2.34. The fourth-order valence-corrected chi connectivity index (χ4v) is 3.27. The van der Waals surface area contributed by atoms with Crippen LogP contribution in [0.1, 0.15) is 38.5 Å². The van der Waals surface area contributed by atoms with E-state index in [1.165, 1.54) is 6.42 Å². The molecule has 1 saturated heterocycles. The second-order valence-electron chi connectivity index (χ2n) is 5.74. The number of ether oxygens (including phenoxy) is 1. The van der Waals surface area contributed by atoms with Gasteiger partial charge in [-0.2, -0.15) is 0 Å². The first kappa shape index (κ1) is 13.8. The number of nitrogens with zero attached hydrogens (tertiary/aromatic N) is 1. The summed E-state index contributed by atoms with van der Waals surface area (Å²) in [5.41, 5.74) is 5.75. The molecular formula is C14H26N2O2. The lowest BCUT2D eigenvalue weighted by Crippen LogP contribution is -2.41. The van der Waals surface area contributed by atoms with Gasteiger partial charge in [0.1, 0.15) is 0 Å². The van der Waals surface area contributed by atoms with Crippen LogP contribution < -0.4 is 5.73 Å². The summed E-state index contributed by atoms with van der Waals surface area (Å²) in [5.74, 6) is 0.827. The van der Waals surface area contributed by atoms with Crippen LogP contribution in [0.4, 0.5) is 0 Å². The summed E-state index contributed by atoms with van der Waals surface area (Å²) in [6, 6.07) is 0. The van der Waals surface area contributed by atoms with Crippen LogP contribution in [0.5, 0.6) is 0 Å². The summed E-state index contributed by atoms with van der Waals surface area (Å²) >= 11 is 0. The van der Waals surface area contributed by atoms with Crippen LogP contribution in [0.3, 0.4) is 0 Å². The standard InChI is InChI=1S/C14H26N2O2/c1-16(10-12-6-2-3-8-18-12)14(17)13-7-4-5-11(13)9-15/h11-13H,2-10,15H2,1H3. The molecule has 0 aromatic heterocycles. The second-order valence-corrected chi connectivity index (χ2v) is 5.74. The number of carbonyl (C=O) groups is 1. The smallest absolute Gasteiger partial charge is 0.225 e. The van der Waals surface area contributed by atoms with Crippen LogP contribution in [-0.2, 0) is 9.53 Å². The van der Waals surface area contributed by atoms with Gasteiger partial charge in [0, 0.05) is 26.1 Å². The maximum absolute atomic E-state index is 12.4. The molecule has 0 spiro atoms. The van der Waals surface area contributed by atoms with E-state index in [-0.39, 0.29) is 17.9 Å². The molecule has 18 heavy (non-hydrogen) atoms. The van der Waals surface area contributed by atoms with Gasteiger partial charge in [0.25, 0.3) is 0 Å². The molecule has 3 unspecified atom stereocenters. The van der Waals surface area contributed by atoms with Crippen molar-refractivity contribution < 1.29 is 9.53 Å². The Hall–Kier alpha value is -0.610. The largest absolute Gasteiger partial charge is 0.376 e. The Morgan fingerprint density at radius 1 is 1.28 bits per heavy atom. The average molecular weight is 254 g/mol. The van der Waals surface area contributed by atoms with E-state index < -0.39 is 0 Å². The zero-order valence-electron chi connectivity index (χ0n) is 11.4. The lowest BCUT2D eigenvalue weighted by molar-refractivity contribution is -0.137. The predicted octanol–water partition coefficient (Wildman–Crippen LogP) is 1.39. The molecule has 4 heteroatoms. The highest BCUT2D eigenvalue weighted by molar-refractivity contribution is 5.79. The minimum absolute atomic E-state index is 0.156. The lowest BCUT2D eigenvalue weighted by Gasteiger charge is -2.30. The zero-order valence-corrected chi connectivity index (χ0v) is 11.4. The van der Waals surface area contributed by atoms with E-state index in [1.807, 2.05) is 11.9 Å². The van der Waals surface area contributed by atoms with Gasteiger partial charge < -0.3 is 15.4 Å². The molecular weight excluding hydrogens is 228 g/mol. The number of likely N-dealkylation sites (N-methyl/N-ethyl adjacent to an activating group) is 1. The third-order valence-electron chi connectivity index (χ3n) is 4.41. The molecule has 1 heterocycles. The Morgan fingerprint density at radius 3 is 2.78 bits per heavy atom. The van der Waals surface area contributed by atoms with E-state index in [2.05, 4.69) is 0 Å². The number of rotatable bonds is 4. The lowest BCUT2D eigenvalue weighted by atomic mass is 9.94. The Balaban J connectivity index is 1.83. The molecule has 0 bridgehead atoms. The van der Waals surface area contributed by atoms with Crippen LogP contribution in [0.2, 0.25) is 0 Å². The Morgan fingerprint density at radius 2 is 2.11 bits per heavy atom. The molecule has 0 radical (unpaired) electrons. The topological polar surface area (TPSA) is 55.6 Å². The third-order valence-corrected chi connectivity index (χ3v) is 4.41. The second kappa shape index (κ2) is 6.53. The summed E-state index contributed by atoms with van der Waals surface area (Å²) in [6.07, 6.45) is 6.98. The fourth-order valence-electron chi connectivity index (χ4n) is 3.27. The molecule has 3 atom stereocenters.